The number of nitrogens with zero attached hydrogens (tertiary/aromatic N) is 2. The number of aromatic nitrogens is 2. The fourth-order valence-corrected chi connectivity index (χ4v) is 4.30. The monoisotopic (exact) mass is 388 g/mol. The van der Waals surface area contributed by atoms with Crippen LogP contribution in [0.15, 0.2) is 35.2 Å². The second-order valence-electron chi connectivity index (χ2n) is 7.01. The third kappa shape index (κ3) is 5.26. The van der Waals surface area contributed by atoms with Crippen LogP contribution in [-0.4, -0.2) is 24.3 Å². The van der Waals surface area contributed by atoms with Crippen LogP contribution in [-0.2, 0) is 14.8 Å². The van der Waals surface area contributed by atoms with Gasteiger partial charge in [0.15, 0.2) is 0 Å². The van der Waals surface area contributed by atoms with Crippen molar-refractivity contribution < 1.29 is 13.2 Å². The molecule has 1 amide bonds. The highest BCUT2D eigenvalue weighted by atomic mass is 32.2. The van der Waals surface area contributed by atoms with Gasteiger partial charge in [-0.1, -0.05) is 12.8 Å². The largest absolute Gasteiger partial charge is 0.326 e. The number of hydrogen-bond acceptors (Lipinski definition) is 5. The first-order chi connectivity index (χ1) is 12.8. The molecule has 2 N–H and O–H groups in total. The zero-order valence-corrected chi connectivity index (χ0v) is 16.3. The fraction of sp³-hybridized carbons (Fsp3) is 0.421. The van der Waals surface area contributed by atoms with Crippen LogP contribution in [0.3, 0.4) is 0 Å². The minimum Gasteiger partial charge on any atom is -0.326 e. The van der Waals surface area contributed by atoms with Gasteiger partial charge in [0.2, 0.25) is 11.9 Å². The molecule has 0 spiro atoms. The summed E-state index contributed by atoms with van der Waals surface area (Å²) < 4.78 is 27.4. The zero-order valence-electron chi connectivity index (χ0n) is 15.5. The molecule has 8 heteroatoms. The summed E-state index contributed by atoms with van der Waals surface area (Å²) in [6.45, 7) is 3.55. The number of nitrogens with one attached hydrogen (secondary N) is 2. The van der Waals surface area contributed by atoms with Gasteiger partial charge in [-0.25, -0.2) is 23.1 Å². The van der Waals surface area contributed by atoms with Gasteiger partial charge in [0, 0.05) is 23.5 Å². The molecule has 3 rings (SSSR count). The van der Waals surface area contributed by atoms with Crippen molar-refractivity contribution in [2.45, 2.75) is 50.8 Å². The van der Waals surface area contributed by atoms with E-state index in [0.29, 0.717) is 29.4 Å². The van der Waals surface area contributed by atoms with Gasteiger partial charge in [0.05, 0.1) is 4.90 Å². The molecule has 0 aliphatic heterocycles. The number of rotatable bonds is 6. The van der Waals surface area contributed by atoms with Gasteiger partial charge in [-0.3, -0.25) is 4.79 Å². The highest BCUT2D eigenvalue weighted by Gasteiger charge is 2.19. The Morgan fingerprint density at radius 1 is 1.07 bits per heavy atom. The van der Waals surface area contributed by atoms with Crippen molar-refractivity contribution in [2.24, 2.45) is 5.92 Å². The van der Waals surface area contributed by atoms with E-state index in [1.165, 1.54) is 25.0 Å². The van der Waals surface area contributed by atoms with E-state index in [0.717, 1.165) is 12.8 Å². The summed E-state index contributed by atoms with van der Waals surface area (Å²) in [5.41, 5.74) is 1.95. The average Bonchev–Trinajstić information content (AvgIpc) is 3.06. The number of benzene rings is 1. The smallest absolute Gasteiger partial charge is 0.264 e. The predicted molar refractivity (Wildman–Crippen MR) is 104 cm³/mol. The number of amides is 1. The molecule has 0 atom stereocenters. The van der Waals surface area contributed by atoms with Crippen LogP contribution in [0.2, 0.25) is 0 Å². The van der Waals surface area contributed by atoms with Crippen molar-refractivity contribution in [3.63, 3.8) is 0 Å². The molecule has 0 saturated heterocycles. The fourth-order valence-electron chi connectivity index (χ4n) is 3.36. The molecule has 144 valence electrons. The number of anilines is 2. The molecule has 0 bridgehead atoms. The summed E-state index contributed by atoms with van der Waals surface area (Å²) in [4.78, 5) is 20.4. The third-order valence-electron chi connectivity index (χ3n) is 4.61. The van der Waals surface area contributed by atoms with Gasteiger partial charge in [-0.15, -0.1) is 0 Å². The topological polar surface area (TPSA) is 101 Å². The Hall–Kier alpha value is -2.48. The first-order valence-electron chi connectivity index (χ1n) is 9.07. The normalized spacial score (nSPS) is 14.9. The van der Waals surface area contributed by atoms with Crippen LogP contribution >= 0.6 is 0 Å². The summed E-state index contributed by atoms with van der Waals surface area (Å²) in [6.07, 6.45) is 5.13. The Labute approximate surface area is 159 Å². The van der Waals surface area contributed by atoms with E-state index in [9.17, 15) is 13.2 Å². The molecule has 2 aromatic rings. The van der Waals surface area contributed by atoms with E-state index in [2.05, 4.69) is 20.0 Å². The van der Waals surface area contributed by atoms with Gasteiger partial charge < -0.3 is 5.32 Å². The molecule has 1 aromatic carbocycles. The van der Waals surface area contributed by atoms with Crippen molar-refractivity contribution in [2.75, 3.05) is 10.0 Å². The lowest BCUT2D eigenvalue weighted by Crippen LogP contribution is -2.17. The molecule has 7 nitrogen and oxygen atoms in total. The predicted octanol–water partition coefficient (Wildman–Crippen LogP) is 3.41. The van der Waals surface area contributed by atoms with Gasteiger partial charge in [0.1, 0.15) is 0 Å². The maximum absolute atomic E-state index is 12.5. The van der Waals surface area contributed by atoms with Crippen molar-refractivity contribution in [3.8, 4) is 0 Å². The third-order valence-corrected chi connectivity index (χ3v) is 5.95. The summed E-state index contributed by atoms with van der Waals surface area (Å²) in [7, 11) is -3.80. The average molecular weight is 388 g/mol. The van der Waals surface area contributed by atoms with Gasteiger partial charge in [-0.2, -0.15) is 0 Å². The van der Waals surface area contributed by atoms with Crippen LogP contribution in [0.25, 0.3) is 0 Å². The number of aryl methyl sites for hydroxylation is 2. The summed E-state index contributed by atoms with van der Waals surface area (Å²) in [5, 5.41) is 2.83. The van der Waals surface area contributed by atoms with E-state index in [1.807, 2.05) is 0 Å². The first-order valence-corrected chi connectivity index (χ1v) is 10.6. The van der Waals surface area contributed by atoms with E-state index in [4.69, 9.17) is 0 Å². The molecule has 1 aliphatic rings. The highest BCUT2D eigenvalue weighted by Crippen LogP contribution is 2.28. The Balaban J connectivity index is 1.65. The Morgan fingerprint density at radius 3 is 2.26 bits per heavy atom. The zero-order chi connectivity index (χ0) is 19.4. The van der Waals surface area contributed by atoms with Crippen LogP contribution in [0.4, 0.5) is 11.6 Å². The van der Waals surface area contributed by atoms with E-state index in [1.54, 1.807) is 32.0 Å². The summed E-state index contributed by atoms with van der Waals surface area (Å²) in [5.74, 6) is 0.479. The molecular weight excluding hydrogens is 364 g/mol. The lowest BCUT2D eigenvalue weighted by molar-refractivity contribution is -0.117. The summed E-state index contributed by atoms with van der Waals surface area (Å²) >= 11 is 0. The molecule has 27 heavy (non-hydrogen) atoms. The minimum atomic E-state index is -3.80. The molecule has 1 saturated carbocycles. The maximum atomic E-state index is 12.5. The molecule has 1 aromatic heterocycles. The molecular formula is C19H24N4O3S. The minimum absolute atomic E-state index is 0.0285. The number of sulfonamides is 1. The van der Waals surface area contributed by atoms with Crippen LogP contribution in [0.5, 0.6) is 0 Å². The van der Waals surface area contributed by atoms with E-state index >= 15 is 0 Å². The second kappa shape index (κ2) is 8.04. The summed E-state index contributed by atoms with van der Waals surface area (Å²) in [6, 6.07) is 7.85. The molecule has 1 aliphatic carbocycles. The Kier molecular flexibility index (Phi) is 5.74. The van der Waals surface area contributed by atoms with Crippen molar-refractivity contribution in [1.82, 2.24) is 9.97 Å². The van der Waals surface area contributed by atoms with Crippen LogP contribution < -0.4 is 10.0 Å². The SMILES string of the molecule is Cc1cc(C)nc(NS(=O)(=O)c2ccc(NC(=O)CC3CCCC3)cc2)n1. The number of hydrogen-bond donors (Lipinski definition) is 2. The van der Waals surface area contributed by atoms with E-state index < -0.39 is 10.0 Å². The maximum Gasteiger partial charge on any atom is 0.264 e. The first kappa shape index (κ1) is 19.3. The molecule has 0 radical (unpaired) electrons. The molecule has 1 heterocycles. The number of carbonyl (C=O) groups excluding carboxylic acids is 1. The van der Waals surface area contributed by atoms with Gasteiger partial charge >= 0.3 is 0 Å². The van der Waals surface area contributed by atoms with Crippen molar-refractivity contribution in [1.29, 1.82) is 0 Å². The lowest BCUT2D eigenvalue weighted by Gasteiger charge is -2.11. The Morgan fingerprint density at radius 2 is 1.67 bits per heavy atom. The van der Waals surface area contributed by atoms with Crippen LogP contribution in [0, 0.1) is 19.8 Å². The van der Waals surface area contributed by atoms with Gasteiger partial charge in [0.25, 0.3) is 10.0 Å². The highest BCUT2D eigenvalue weighted by molar-refractivity contribution is 7.92. The second-order valence-corrected chi connectivity index (χ2v) is 8.69. The standard InChI is InChI=1S/C19H24N4O3S/c1-13-11-14(2)21-19(20-13)23-27(25,26)17-9-7-16(8-10-17)22-18(24)12-15-5-3-4-6-15/h7-11,15H,3-6,12H2,1-2H3,(H,22,24)(H,20,21,23). The van der Waals surface area contributed by atoms with Crippen molar-refractivity contribution >= 4 is 27.6 Å². The van der Waals surface area contributed by atoms with Crippen LogP contribution in [0.1, 0.15) is 43.5 Å². The Bertz CT molecular complexity index is 900. The van der Waals surface area contributed by atoms with Crippen molar-refractivity contribution in [3.05, 3.63) is 41.7 Å². The molecule has 0 unspecified atom stereocenters. The number of carbonyl (C=O) groups is 1. The molecule has 1 fully saturated rings. The quantitative estimate of drug-likeness (QED) is 0.790. The lowest BCUT2D eigenvalue weighted by atomic mass is 10.0. The van der Waals surface area contributed by atoms with E-state index in [-0.39, 0.29) is 16.8 Å². The van der Waals surface area contributed by atoms with Gasteiger partial charge in [-0.05, 0) is 62.9 Å².